The van der Waals surface area contributed by atoms with Gasteiger partial charge in [0.1, 0.15) is 5.69 Å². The van der Waals surface area contributed by atoms with E-state index < -0.39 is 11.6 Å². The van der Waals surface area contributed by atoms with Gasteiger partial charge in [0, 0.05) is 34.8 Å². The van der Waals surface area contributed by atoms with Crippen molar-refractivity contribution in [3.8, 4) is 0 Å². The minimum absolute atomic E-state index is 0.0769. The Morgan fingerprint density at radius 1 is 1.36 bits per heavy atom. The van der Waals surface area contributed by atoms with Gasteiger partial charge >= 0.3 is 0 Å². The number of aromatic amines is 1. The summed E-state index contributed by atoms with van der Waals surface area (Å²) < 4.78 is 27.3. The van der Waals surface area contributed by atoms with Gasteiger partial charge in [0.25, 0.3) is 5.91 Å². The highest BCUT2D eigenvalue weighted by Crippen LogP contribution is 2.32. The Bertz CT molecular complexity index is 1070. The molecule has 9 heteroatoms. The molecule has 1 amide bonds. The summed E-state index contributed by atoms with van der Waals surface area (Å²) in [6.07, 6.45) is 1.88. The summed E-state index contributed by atoms with van der Waals surface area (Å²) in [5.74, 6) is -2.13. The van der Waals surface area contributed by atoms with Crippen molar-refractivity contribution in [3.63, 3.8) is 0 Å². The lowest BCUT2D eigenvalue weighted by Crippen LogP contribution is -2.38. The first-order valence-corrected chi connectivity index (χ1v) is 9.99. The van der Waals surface area contributed by atoms with Crippen molar-refractivity contribution < 1.29 is 18.7 Å². The van der Waals surface area contributed by atoms with Crippen LogP contribution in [0.15, 0.2) is 18.2 Å². The lowest BCUT2D eigenvalue weighted by atomic mass is 9.90. The van der Waals surface area contributed by atoms with Gasteiger partial charge in [-0.1, -0.05) is 11.3 Å². The first-order valence-electron chi connectivity index (χ1n) is 9.17. The molecule has 3 aromatic rings. The van der Waals surface area contributed by atoms with E-state index in [1.165, 1.54) is 23.5 Å². The van der Waals surface area contributed by atoms with Crippen LogP contribution >= 0.6 is 11.3 Å². The lowest BCUT2D eigenvalue weighted by Gasteiger charge is -2.31. The number of aromatic nitrogens is 2. The average Bonchev–Trinajstić information content (AvgIpc) is 3.26. The number of anilines is 1. The maximum absolute atomic E-state index is 13.9. The fourth-order valence-electron chi connectivity index (χ4n) is 3.74. The zero-order chi connectivity index (χ0) is 19.4. The summed E-state index contributed by atoms with van der Waals surface area (Å²) in [6, 6.07) is 4.09. The number of amides is 1. The standard InChI is InChI=1S/C19H18F2N4O2S/c20-12-1-2-13-11(17(12)21)7-15(23-13)18(27)25-4-3-14-16(8-25)28-19(24-14)22-9-5-10(26)6-9/h1-2,7,9-10,23,26H,3-6,8H2,(H,22,24). The third-order valence-electron chi connectivity index (χ3n) is 5.38. The quantitative estimate of drug-likeness (QED) is 0.627. The Labute approximate surface area is 163 Å². The Morgan fingerprint density at radius 3 is 2.96 bits per heavy atom. The molecular formula is C19H18F2N4O2S. The molecule has 3 N–H and O–H groups in total. The van der Waals surface area contributed by atoms with Gasteiger partial charge in [-0.2, -0.15) is 0 Å². The number of H-pyrrole nitrogens is 1. The Hall–Kier alpha value is -2.52. The zero-order valence-corrected chi connectivity index (χ0v) is 15.7. The van der Waals surface area contributed by atoms with E-state index in [9.17, 15) is 18.7 Å². The van der Waals surface area contributed by atoms with Crippen molar-refractivity contribution in [3.05, 3.63) is 46.1 Å². The Kier molecular flexibility index (Phi) is 4.09. The van der Waals surface area contributed by atoms with Crippen LogP contribution in [0.1, 0.15) is 33.9 Å². The molecule has 0 saturated heterocycles. The van der Waals surface area contributed by atoms with Crippen molar-refractivity contribution in [1.82, 2.24) is 14.9 Å². The summed E-state index contributed by atoms with van der Waals surface area (Å²) in [5, 5.41) is 13.6. The molecule has 2 aliphatic rings. The van der Waals surface area contributed by atoms with E-state index in [1.54, 1.807) is 4.90 Å². The lowest BCUT2D eigenvalue weighted by molar-refractivity contribution is 0.0731. The highest BCUT2D eigenvalue weighted by molar-refractivity contribution is 7.15. The molecule has 0 spiro atoms. The smallest absolute Gasteiger partial charge is 0.270 e. The van der Waals surface area contributed by atoms with Gasteiger partial charge < -0.3 is 20.3 Å². The van der Waals surface area contributed by atoms with E-state index in [1.807, 2.05) is 0 Å². The summed E-state index contributed by atoms with van der Waals surface area (Å²) in [7, 11) is 0. The minimum atomic E-state index is -0.951. The third kappa shape index (κ3) is 2.94. The summed E-state index contributed by atoms with van der Waals surface area (Å²) in [6.45, 7) is 0.955. The third-order valence-corrected chi connectivity index (χ3v) is 6.39. The molecular weight excluding hydrogens is 386 g/mol. The predicted octanol–water partition coefficient (Wildman–Crippen LogP) is 3.04. The fraction of sp³-hybridized carbons (Fsp3) is 0.368. The molecule has 1 saturated carbocycles. The molecule has 1 aliphatic heterocycles. The van der Waals surface area contributed by atoms with Crippen LogP contribution in [0.25, 0.3) is 10.9 Å². The van der Waals surface area contributed by atoms with Gasteiger partial charge in [-0.05, 0) is 31.0 Å². The number of nitrogens with zero attached hydrogens (tertiary/aromatic N) is 2. The van der Waals surface area contributed by atoms with Crippen LogP contribution in [0.3, 0.4) is 0 Å². The maximum atomic E-state index is 13.9. The van der Waals surface area contributed by atoms with E-state index >= 15 is 0 Å². The van der Waals surface area contributed by atoms with Crippen LogP contribution in [0, 0.1) is 11.6 Å². The summed E-state index contributed by atoms with van der Waals surface area (Å²) in [5.41, 5.74) is 1.63. The van der Waals surface area contributed by atoms with Crippen LogP contribution in [0.4, 0.5) is 13.9 Å². The molecule has 5 rings (SSSR count). The maximum Gasteiger partial charge on any atom is 0.270 e. The largest absolute Gasteiger partial charge is 0.393 e. The predicted molar refractivity (Wildman–Crippen MR) is 101 cm³/mol. The van der Waals surface area contributed by atoms with Gasteiger partial charge in [-0.25, -0.2) is 13.8 Å². The molecule has 2 aromatic heterocycles. The number of nitrogens with one attached hydrogen (secondary N) is 2. The molecule has 0 radical (unpaired) electrons. The van der Waals surface area contributed by atoms with E-state index in [0.29, 0.717) is 25.0 Å². The second-order valence-corrected chi connectivity index (χ2v) is 8.42. The molecule has 146 valence electrons. The zero-order valence-electron chi connectivity index (χ0n) is 14.8. The summed E-state index contributed by atoms with van der Waals surface area (Å²) >= 11 is 1.52. The summed E-state index contributed by atoms with van der Waals surface area (Å²) in [4.78, 5) is 23.1. The number of hydrogen-bond acceptors (Lipinski definition) is 5. The molecule has 1 fully saturated rings. The normalized spacial score (nSPS) is 21.5. The SMILES string of the molecule is O=C(c1cc2c(F)c(F)ccc2[nH]1)N1CCc2nc(NC3CC(O)C3)sc2C1. The number of rotatable bonds is 3. The van der Waals surface area contributed by atoms with Crippen LogP contribution in [0.2, 0.25) is 0 Å². The fourth-order valence-corrected chi connectivity index (χ4v) is 4.84. The monoisotopic (exact) mass is 404 g/mol. The van der Waals surface area contributed by atoms with Crippen LogP contribution in [-0.4, -0.2) is 44.6 Å². The molecule has 1 aliphatic carbocycles. The number of benzene rings is 1. The average molecular weight is 404 g/mol. The van der Waals surface area contributed by atoms with E-state index in [4.69, 9.17) is 0 Å². The van der Waals surface area contributed by atoms with E-state index in [0.717, 1.165) is 34.6 Å². The number of halogens is 2. The second-order valence-electron chi connectivity index (χ2n) is 7.34. The van der Waals surface area contributed by atoms with Gasteiger partial charge in [0.15, 0.2) is 16.8 Å². The first-order chi connectivity index (χ1) is 13.5. The molecule has 0 unspecified atom stereocenters. The van der Waals surface area contributed by atoms with Gasteiger partial charge in [0.2, 0.25) is 0 Å². The van der Waals surface area contributed by atoms with E-state index in [-0.39, 0.29) is 29.1 Å². The Morgan fingerprint density at radius 2 is 2.18 bits per heavy atom. The highest BCUT2D eigenvalue weighted by atomic mass is 32.1. The van der Waals surface area contributed by atoms with Crippen molar-refractivity contribution >= 4 is 33.3 Å². The topological polar surface area (TPSA) is 81.2 Å². The number of aliphatic hydroxyl groups excluding tert-OH is 1. The Balaban J connectivity index is 1.33. The van der Waals surface area contributed by atoms with Crippen molar-refractivity contribution in [2.75, 3.05) is 11.9 Å². The molecule has 28 heavy (non-hydrogen) atoms. The molecule has 1 aromatic carbocycles. The van der Waals surface area contributed by atoms with Crippen LogP contribution in [0.5, 0.6) is 0 Å². The van der Waals surface area contributed by atoms with E-state index in [2.05, 4.69) is 15.3 Å². The number of carbonyl (C=O) groups is 1. The minimum Gasteiger partial charge on any atom is -0.393 e. The number of hydrogen-bond donors (Lipinski definition) is 3. The van der Waals surface area contributed by atoms with Gasteiger partial charge in [-0.15, -0.1) is 0 Å². The number of aliphatic hydroxyl groups is 1. The first kappa shape index (κ1) is 17.6. The van der Waals surface area contributed by atoms with Gasteiger partial charge in [-0.3, -0.25) is 4.79 Å². The number of carbonyl (C=O) groups excluding carboxylic acids is 1. The molecule has 3 heterocycles. The number of fused-ring (bicyclic) bond motifs is 2. The van der Waals surface area contributed by atoms with Crippen LogP contribution < -0.4 is 5.32 Å². The van der Waals surface area contributed by atoms with Crippen LogP contribution in [-0.2, 0) is 13.0 Å². The number of thiazole rings is 1. The molecule has 0 bridgehead atoms. The highest BCUT2D eigenvalue weighted by Gasteiger charge is 2.30. The molecule has 6 nitrogen and oxygen atoms in total. The van der Waals surface area contributed by atoms with Crippen molar-refractivity contribution in [2.24, 2.45) is 0 Å². The van der Waals surface area contributed by atoms with Gasteiger partial charge in [0.05, 0.1) is 18.3 Å². The second kappa shape index (κ2) is 6.52. The van der Waals surface area contributed by atoms with Crippen molar-refractivity contribution in [2.45, 2.75) is 38.0 Å². The molecule has 0 atom stereocenters. The van der Waals surface area contributed by atoms with Crippen molar-refractivity contribution in [1.29, 1.82) is 0 Å².